The van der Waals surface area contributed by atoms with Gasteiger partial charge < -0.3 is 10.2 Å². The quantitative estimate of drug-likeness (QED) is 0.572. The molecule has 1 aliphatic carbocycles. The van der Waals surface area contributed by atoms with E-state index in [0.717, 1.165) is 18.9 Å². The van der Waals surface area contributed by atoms with Crippen LogP contribution in [0.15, 0.2) is 18.2 Å². The number of hydrogen-bond acceptors (Lipinski definition) is 4. The van der Waals surface area contributed by atoms with E-state index in [1.165, 1.54) is 19.3 Å². The van der Waals surface area contributed by atoms with Crippen LogP contribution in [0.2, 0.25) is 0 Å². The molecule has 1 heterocycles. The lowest BCUT2D eigenvalue weighted by Crippen LogP contribution is -2.15. The van der Waals surface area contributed by atoms with Crippen LogP contribution >= 0.6 is 0 Å². The summed E-state index contributed by atoms with van der Waals surface area (Å²) in [4.78, 5) is 4.17. The van der Waals surface area contributed by atoms with Gasteiger partial charge in [0.05, 0.1) is 6.61 Å². The number of nitrogens with two attached hydrogens (primary N) is 1. The predicted octanol–water partition coefficient (Wildman–Crippen LogP) is 1.94. The lowest BCUT2D eigenvalue weighted by molar-refractivity contribution is 0.217. The SMILES string of the molecule is NNc1cccc(OCCC2CCC2)n1. The summed E-state index contributed by atoms with van der Waals surface area (Å²) in [6.45, 7) is 0.756. The Balaban J connectivity index is 1.76. The molecular weight excluding hydrogens is 190 g/mol. The second kappa shape index (κ2) is 4.98. The highest BCUT2D eigenvalue weighted by Gasteiger charge is 2.16. The molecule has 0 atom stereocenters. The molecule has 0 radical (unpaired) electrons. The van der Waals surface area contributed by atoms with Gasteiger partial charge in [0.1, 0.15) is 5.82 Å². The predicted molar refractivity (Wildman–Crippen MR) is 59.5 cm³/mol. The van der Waals surface area contributed by atoms with Crippen LogP contribution in [0.5, 0.6) is 5.88 Å². The highest BCUT2D eigenvalue weighted by atomic mass is 16.5. The van der Waals surface area contributed by atoms with Crippen molar-refractivity contribution in [1.82, 2.24) is 4.98 Å². The molecule has 15 heavy (non-hydrogen) atoms. The molecule has 0 spiro atoms. The average molecular weight is 207 g/mol. The highest BCUT2D eigenvalue weighted by Crippen LogP contribution is 2.29. The van der Waals surface area contributed by atoms with Gasteiger partial charge in [-0.2, -0.15) is 4.98 Å². The summed E-state index contributed by atoms with van der Waals surface area (Å²) in [5, 5.41) is 0. The van der Waals surface area contributed by atoms with Crippen LogP contribution in [-0.2, 0) is 0 Å². The largest absolute Gasteiger partial charge is 0.478 e. The first-order chi connectivity index (χ1) is 7.38. The topological polar surface area (TPSA) is 60.2 Å². The number of hydrogen-bond donors (Lipinski definition) is 2. The van der Waals surface area contributed by atoms with Crippen molar-refractivity contribution in [2.24, 2.45) is 11.8 Å². The van der Waals surface area contributed by atoms with Gasteiger partial charge in [-0.25, -0.2) is 5.84 Å². The summed E-state index contributed by atoms with van der Waals surface area (Å²) in [5.74, 6) is 7.41. The summed E-state index contributed by atoms with van der Waals surface area (Å²) in [6, 6.07) is 5.53. The summed E-state index contributed by atoms with van der Waals surface area (Å²) in [5.41, 5.74) is 2.50. The summed E-state index contributed by atoms with van der Waals surface area (Å²) >= 11 is 0. The van der Waals surface area contributed by atoms with Gasteiger partial charge in [0.15, 0.2) is 0 Å². The van der Waals surface area contributed by atoms with Crippen LogP contribution in [0, 0.1) is 5.92 Å². The molecule has 0 bridgehead atoms. The lowest BCUT2D eigenvalue weighted by Gasteiger charge is -2.24. The first-order valence-corrected chi connectivity index (χ1v) is 5.45. The van der Waals surface area contributed by atoms with Gasteiger partial charge in [0.2, 0.25) is 5.88 Å². The molecule has 1 aromatic rings. The molecule has 2 rings (SSSR count). The third-order valence-corrected chi connectivity index (χ3v) is 2.87. The van der Waals surface area contributed by atoms with Crippen LogP contribution in [0.4, 0.5) is 5.82 Å². The van der Waals surface area contributed by atoms with Crippen LogP contribution < -0.4 is 16.0 Å². The molecule has 0 aromatic carbocycles. The number of pyridine rings is 1. The van der Waals surface area contributed by atoms with E-state index in [1.807, 2.05) is 12.1 Å². The second-order valence-electron chi connectivity index (χ2n) is 3.94. The number of hydrazine groups is 1. The number of ether oxygens (including phenoxy) is 1. The Kier molecular flexibility index (Phi) is 3.40. The molecule has 1 saturated carbocycles. The highest BCUT2D eigenvalue weighted by molar-refractivity contribution is 5.35. The number of nitrogens with one attached hydrogen (secondary N) is 1. The molecule has 0 unspecified atom stereocenters. The molecule has 0 aliphatic heterocycles. The molecule has 0 saturated heterocycles. The van der Waals surface area contributed by atoms with Gasteiger partial charge in [-0.3, -0.25) is 0 Å². The molecular formula is C11H17N3O. The van der Waals surface area contributed by atoms with E-state index in [0.29, 0.717) is 11.7 Å². The number of nitrogen functional groups attached to an aromatic ring is 1. The van der Waals surface area contributed by atoms with E-state index in [2.05, 4.69) is 10.4 Å². The fourth-order valence-corrected chi connectivity index (χ4v) is 1.69. The van der Waals surface area contributed by atoms with Gasteiger partial charge in [0, 0.05) is 6.07 Å². The molecule has 0 amide bonds. The fourth-order valence-electron chi connectivity index (χ4n) is 1.69. The second-order valence-corrected chi connectivity index (χ2v) is 3.94. The lowest BCUT2D eigenvalue weighted by atomic mass is 9.83. The number of anilines is 1. The number of rotatable bonds is 5. The zero-order valence-corrected chi connectivity index (χ0v) is 8.78. The molecule has 1 aromatic heterocycles. The zero-order chi connectivity index (χ0) is 10.5. The Morgan fingerprint density at radius 3 is 3.00 bits per heavy atom. The van der Waals surface area contributed by atoms with Gasteiger partial charge in [0.25, 0.3) is 0 Å². The summed E-state index contributed by atoms with van der Waals surface area (Å²) < 4.78 is 5.55. The maximum absolute atomic E-state index is 5.55. The van der Waals surface area contributed by atoms with E-state index < -0.39 is 0 Å². The Morgan fingerprint density at radius 1 is 1.47 bits per heavy atom. The van der Waals surface area contributed by atoms with Crippen molar-refractivity contribution in [3.05, 3.63) is 18.2 Å². The van der Waals surface area contributed by atoms with E-state index in [9.17, 15) is 0 Å². The minimum atomic E-state index is 0.635. The zero-order valence-electron chi connectivity index (χ0n) is 8.78. The average Bonchev–Trinajstić information content (AvgIpc) is 2.22. The Labute approximate surface area is 89.8 Å². The van der Waals surface area contributed by atoms with Crippen molar-refractivity contribution in [2.75, 3.05) is 12.0 Å². The molecule has 1 aliphatic rings. The third-order valence-electron chi connectivity index (χ3n) is 2.87. The van der Waals surface area contributed by atoms with Crippen molar-refractivity contribution in [2.45, 2.75) is 25.7 Å². The minimum absolute atomic E-state index is 0.635. The van der Waals surface area contributed by atoms with E-state index in [1.54, 1.807) is 6.07 Å². The van der Waals surface area contributed by atoms with Crippen molar-refractivity contribution >= 4 is 5.82 Å². The van der Waals surface area contributed by atoms with Crippen LogP contribution in [0.25, 0.3) is 0 Å². The maximum atomic E-state index is 5.55. The third kappa shape index (κ3) is 2.83. The Bertz CT molecular complexity index is 312. The first kappa shape index (κ1) is 10.2. The van der Waals surface area contributed by atoms with Gasteiger partial charge in [-0.05, 0) is 18.4 Å². The molecule has 3 N–H and O–H groups in total. The molecule has 4 heteroatoms. The van der Waals surface area contributed by atoms with Gasteiger partial charge >= 0.3 is 0 Å². The summed E-state index contributed by atoms with van der Waals surface area (Å²) in [6.07, 6.45) is 5.25. The monoisotopic (exact) mass is 207 g/mol. The van der Waals surface area contributed by atoms with Crippen molar-refractivity contribution in [3.8, 4) is 5.88 Å². The Morgan fingerprint density at radius 2 is 2.33 bits per heavy atom. The van der Waals surface area contributed by atoms with Gasteiger partial charge in [-0.1, -0.05) is 25.3 Å². The number of aromatic nitrogens is 1. The van der Waals surface area contributed by atoms with Crippen LogP contribution in [0.3, 0.4) is 0 Å². The number of nitrogens with zero attached hydrogens (tertiary/aromatic N) is 1. The minimum Gasteiger partial charge on any atom is -0.478 e. The molecule has 1 fully saturated rings. The van der Waals surface area contributed by atoms with E-state index >= 15 is 0 Å². The summed E-state index contributed by atoms with van der Waals surface area (Å²) in [7, 11) is 0. The van der Waals surface area contributed by atoms with E-state index in [4.69, 9.17) is 10.6 Å². The normalized spacial score (nSPS) is 15.8. The molecule has 82 valence electrons. The van der Waals surface area contributed by atoms with Crippen LogP contribution in [0.1, 0.15) is 25.7 Å². The van der Waals surface area contributed by atoms with Gasteiger partial charge in [-0.15, -0.1) is 0 Å². The van der Waals surface area contributed by atoms with Crippen LogP contribution in [-0.4, -0.2) is 11.6 Å². The smallest absolute Gasteiger partial charge is 0.215 e. The van der Waals surface area contributed by atoms with Crippen molar-refractivity contribution in [1.29, 1.82) is 0 Å². The molecule has 4 nitrogen and oxygen atoms in total. The van der Waals surface area contributed by atoms with Crippen molar-refractivity contribution < 1.29 is 4.74 Å². The van der Waals surface area contributed by atoms with E-state index in [-0.39, 0.29) is 0 Å². The van der Waals surface area contributed by atoms with Crippen molar-refractivity contribution in [3.63, 3.8) is 0 Å². The standard InChI is InChI=1S/C11H17N3O/c12-14-10-5-2-6-11(13-10)15-8-7-9-3-1-4-9/h2,5-6,9H,1,3-4,7-8,12H2,(H,13,14). The Hall–Kier alpha value is -1.29. The fraction of sp³-hybridized carbons (Fsp3) is 0.545. The maximum Gasteiger partial charge on any atom is 0.215 e. The first-order valence-electron chi connectivity index (χ1n) is 5.45.